The van der Waals surface area contributed by atoms with Crippen molar-refractivity contribution < 1.29 is 9.47 Å². The Balaban J connectivity index is 2.35. The first-order chi connectivity index (χ1) is 8.31. The predicted molar refractivity (Wildman–Crippen MR) is 63.2 cm³/mol. The smallest absolute Gasteiger partial charge is 0.138 e. The summed E-state index contributed by atoms with van der Waals surface area (Å²) in [6.45, 7) is 4.50. The predicted octanol–water partition coefficient (Wildman–Crippen LogP) is -0.665. The van der Waals surface area contributed by atoms with E-state index in [4.69, 9.17) is 15.3 Å². The van der Waals surface area contributed by atoms with E-state index >= 15 is 0 Å². The van der Waals surface area contributed by atoms with Crippen LogP contribution in [0.25, 0.3) is 0 Å². The quantitative estimate of drug-likeness (QED) is 0.340. The van der Waals surface area contributed by atoms with E-state index < -0.39 is 0 Å². The highest BCUT2D eigenvalue weighted by Gasteiger charge is 2.12. The van der Waals surface area contributed by atoms with Crippen LogP contribution in [0.15, 0.2) is 6.33 Å². The van der Waals surface area contributed by atoms with Gasteiger partial charge in [0.05, 0.1) is 25.9 Å². The molecule has 0 saturated heterocycles. The van der Waals surface area contributed by atoms with Gasteiger partial charge in [-0.1, -0.05) is 0 Å². The summed E-state index contributed by atoms with van der Waals surface area (Å²) in [5.41, 5.74) is 2.72. The summed E-state index contributed by atoms with van der Waals surface area (Å²) in [5.74, 6) is 6.39. The van der Waals surface area contributed by atoms with Gasteiger partial charge in [0.1, 0.15) is 12.2 Å². The molecular formula is C10H21N5O2. The summed E-state index contributed by atoms with van der Waals surface area (Å²) in [6, 6.07) is 0.0290. The van der Waals surface area contributed by atoms with Gasteiger partial charge >= 0.3 is 0 Å². The Hall–Kier alpha value is -1.02. The van der Waals surface area contributed by atoms with Gasteiger partial charge in [-0.2, -0.15) is 5.10 Å². The van der Waals surface area contributed by atoms with Crippen molar-refractivity contribution in [3.05, 3.63) is 12.2 Å². The second-order valence-electron chi connectivity index (χ2n) is 3.63. The SMILES string of the molecule is CCn1ncnc1CC(COCCOC)NN. The number of rotatable bonds is 9. The van der Waals surface area contributed by atoms with Crippen LogP contribution in [0.2, 0.25) is 0 Å². The molecule has 0 saturated carbocycles. The van der Waals surface area contributed by atoms with Crippen molar-refractivity contribution in [2.45, 2.75) is 25.9 Å². The van der Waals surface area contributed by atoms with Crippen molar-refractivity contribution in [3.63, 3.8) is 0 Å². The van der Waals surface area contributed by atoms with Gasteiger partial charge in [0.2, 0.25) is 0 Å². The number of hydrogen-bond acceptors (Lipinski definition) is 6. The van der Waals surface area contributed by atoms with Gasteiger partial charge < -0.3 is 9.47 Å². The Morgan fingerprint density at radius 1 is 1.53 bits per heavy atom. The van der Waals surface area contributed by atoms with E-state index in [0.717, 1.165) is 12.4 Å². The topological polar surface area (TPSA) is 87.2 Å². The van der Waals surface area contributed by atoms with E-state index in [1.165, 1.54) is 0 Å². The molecule has 0 radical (unpaired) electrons. The summed E-state index contributed by atoms with van der Waals surface area (Å²) in [6.07, 6.45) is 2.25. The molecule has 0 aliphatic heterocycles. The van der Waals surface area contributed by atoms with Crippen LogP contribution in [0, 0.1) is 0 Å². The monoisotopic (exact) mass is 243 g/mol. The van der Waals surface area contributed by atoms with Crippen molar-refractivity contribution in [2.24, 2.45) is 5.84 Å². The third-order valence-corrected chi connectivity index (χ3v) is 2.41. The minimum Gasteiger partial charge on any atom is -0.382 e. The van der Waals surface area contributed by atoms with E-state index in [1.807, 2.05) is 11.6 Å². The van der Waals surface area contributed by atoms with Crippen LogP contribution in [0.3, 0.4) is 0 Å². The summed E-state index contributed by atoms with van der Waals surface area (Å²) >= 11 is 0. The molecular weight excluding hydrogens is 222 g/mol. The number of hydrogen-bond donors (Lipinski definition) is 2. The lowest BCUT2D eigenvalue weighted by Gasteiger charge is -2.15. The lowest BCUT2D eigenvalue weighted by molar-refractivity contribution is 0.0583. The molecule has 0 aromatic carbocycles. The number of methoxy groups -OCH3 is 1. The number of nitrogens with two attached hydrogens (primary N) is 1. The van der Waals surface area contributed by atoms with Gasteiger partial charge in [-0.25, -0.2) is 4.98 Å². The second kappa shape index (κ2) is 8.13. The standard InChI is InChI=1S/C10H21N5O2/c1-3-15-10(12-8-13-15)6-9(14-11)7-17-5-4-16-2/h8-9,14H,3-7,11H2,1-2H3. The molecule has 0 aliphatic carbocycles. The lowest BCUT2D eigenvalue weighted by Crippen LogP contribution is -2.41. The number of aromatic nitrogens is 3. The zero-order valence-corrected chi connectivity index (χ0v) is 10.4. The molecule has 0 bridgehead atoms. The molecule has 1 unspecified atom stereocenters. The summed E-state index contributed by atoms with van der Waals surface area (Å²) in [7, 11) is 1.64. The first-order valence-electron chi connectivity index (χ1n) is 5.71. The molecule has 1 rings (SSSR count). The van der Waals surface area contributed by atoms with E-state index in [9.17, 15) is 0 Å². The summed E-state index contributed by atoms with van der Waals surface area (Å²) < 4.78 is 12.2. The largest absolute Gasteiger partial charge is 0.382 e. The number of hydrazine groups is 1. The van der Waals surface area contributed by atoms with E-state index in [2.05, 4.69) is 15.5 Å². The Labute approximate surface area is 101 Å². The molecule has 3 N–H and O–H groups in total. The van der Waals surface area contributed by atoms with Crippen LogP contribution in [0.4, 0.5) is 0 Å². The highest BCUT2D eigenvalue weighted by molar-refractivity contribution is 4.89. The Bertz CT molecular complexity index is 305. The van der Waals surface area contributed by atoms with Gasteiger partial charge in [-0.05, 0) is 6.92 Å². The van der Waals surface area contributed by atoms with Crippen molar-refractivity contribution in [1.82, 2.24) is 20.2 Å². The molecule has 1 aromatic rings. The Morgan fingerprint density at radius 2 is 2.35 bits per heavy atom. The molecule has 7 nitrogen and oxygen atoms in total. The minimum absolute atomic E-state index is 0.0290. The van der Waals surface area contributed by atoms with Crippen LogP contribution >= 0.6 is 0 Å². The van der Waals surface area contributed by atoms with Crippen LogP contribution in [-0.2, 0) is 22.4 Å². The number of nitrogens with one attached hydrogen (secondary N) is 1. The fourth-order valence-corrected chi connectivity index (χ4v) is 1.46. The average molecular weight is 243 g/mol. The van der Waals surface area contributed by atoms with E-state index in [1.54, 1.807) is 13.4 Å². The maximum atomic E-state index is 5.48. The number of ether oxygens (including phenoxy) is 2. The van der Waals surface area contributed by atoms with Gasteiger partial charge in [-0.3, -0.25) is 16.0 Å². The normalized spacial score (nSPS) is 12.9. The van der Waals surface area contributed by atoms with Crippen LogP contribution in [0.5, 0.6) is 0 Å². The Morgan fingerprint density at radius 3 is 3.00 bits per heavy atom. The maximum Gasteiger partial charge on any atom is 0.138 e. The van der Waals surface area contributed by atoms with Gasteiger partial charge in [0, 0.05) is 20.1 Å². The van der Waals surface area contributed by atoms with E-state index in [-0.39, 0.29) is 6.04 Å². The van der Waals surface area contributed by atoms with E-state index in [0.29, 0.717) is 26.2 Å². The fourth-order valence-electron chi connectivity index (χ4n) is 1.46. The van der Waals surface area contributed by atoms with Gasteiger partial charge in [-0.15, -0.1) is 0 Å². The fraction of sp³-hybridized carbons (Fsp3) is 0.800. The number of nitrogens with zero attached hydrogens (tertiary/aromatic N) is 3. The second-order valence-corrected chi connectivity index (χ2v) is 3.63. The molecule has 0 amide bonds. The lowest BCUT2D eigenvalue weighted by atomic mass is 10.2. The molecule has 7 heteroatoms. The third kappa shape index (κ3) is 4.78. The van der Waals surface area contributed by atoms with Crippen molar-refractivity contribution in [2.75, 3.05) is 26.9 Å². The molecule has 98 valence electrons. The molecule has 17 heavy (non-hydrogen) atoms. The van der Waals surface area contributed by atoms with Gasteiger partial charge in [0.15, 0.2) is 0 Å². The van der Waals surface area contributed by atoms with Crippen LogP contribution < -0.4 is 11.3 Å². The molecule has 0 fully saturated rings. The van der Waals surface area contributed by atoms with Crippen LogP contribution in [0.1, 0.15) is 12.7 Å². The van der Waals surface area contributed by atoms with Crippen molar-refractivity contribution >= 4 is 0 Å². The maximum absolute atomic E-state index is 5.48. The molecule has 0 aliphatic rings. The molecule has 0 spiro atoms. The van der Waals surface area contributed by atoms with Crippen LogP contribution in [-0.4, -0.2) is 47.7 Å². The zero-order valence-electron chi connectivity index (χ0n) is 10.4. The van der Waals surface area contributed by atoms with Crippen molar-refractivity contribution in [1.29, 1.82) is 0 Å². The van der Waals surface area contributed by atoms with Gasteiger partial charge in [0.25, 0.3) is 0 Å². The summed E-state index contributed by atoms with van der Waals surface area (Å²) in [5, 5.41) is 4.11. The first kappa shape index (κ1) is 14.0. The molecule has 1 aromatic heterocycles. The molecule has 1 atom stereocenters. The zero-order chi connectivity index (χ0) is 12.5. The summed E-state index contributed by atoms with van der Waals surface area (Å²) in [4.78, 5) is 4.20. The highest BCUT2D eigenvalue weighted by atomic mass is 16.5. The molecule has 1 heterocycles. The minimum atomic E-state index is 0.0290. The third-order valence-electron chi connectivity index (χ3n) is 2.41. The first-order valence-corrected chi connectivity index (χ1v) is 5.71. The highest BCUT2D eigenvalue weighted by Crippen LogP contribution is 2.00. The number of aryl methyl sites for hydroxylation is 1. The van der Waals surface area contributed by atoms with Crippen molar-refractivity contribution in [3.8, 4) is 0 Å². The Kier molecular flexibility index (Phi) is 6.71. The average Bonchev–Trinajstić information content (AvgIpc) is 2.80.